The molecule has 3 heterocycles. The molecule has 13 nitrogen and oxygen atoms in total. The van der Waals surface area contributed by atoms with Gasteiger partial charge in [-0.2, -0.15) is 11.8 Å². The van der Waals surface area contributed by atoms with Crippen LogP contribution in [-0.4, -0.2) is 101 Å². The Kier molecular flexibility index (Phi) is 13.4. The number of benzene rings is 1. The minimum atomic E-state index is -0.853. The summed E-state index contributed by atoms with van der Waals surface area (Å²) in [6, 6.07) is 7.14. The zero-order chi connectivity index (χ0) is 33.1. The molecule has 1 aromatic carbocycles. The van der Waals surface area contributed by atoms with Crippen molar-refractivity contribution in [3.63, 3.8) is 0 Å². The van der Waals surface area contributed by atoms with Crippen LogP contribution in [0.3, 0.4) is 0 Å². The number of Topliss-reactive ketones (excluding diaryl/α,β-unsaturated/α-hetero) is 1. The predicted octanol–water partition coefficient (Wildman–Crippen LogP) is 0.777. The molecule has 6 atom stereocenters. The Balaban J connectivity index is 1.34. The highest BCUT2D eigenvalue weighted by Crippen LogP contribution is 2.33. The Morgan fingerprint density at radius 3 is 2.59 bits per heavy atom. The van der Waals surface area contributed by atoms with E-state index in [1.54, 1.807) is 0 Å². The molecule has 3 fully saturated rings. The molecular weight excluding hydrogens is 632 g/mol. The number of halogens is 1. The molecule has 0 spiro atoms. The number of thioether (sulfide) groups is 1. The SMILES string of the molecule is NC(N)=NCCC[C@H](NC(=O)[C@@H]1CCCN1C(=O)[C@@H](Cc1ccccc1)NC(=O)CCCC[C@@H]1SC[C@@H]2NC(=O)N[C@@H]21)C(=O)CCl. The zero-order valence-corrected chi connectivity index (χ0v) is 27.5. The second kappa shape index (κ2) is 17.4. The van der Waals surface area contributed by atoms with Crippen LogP contribution in [0.25, 0.3) is 0 Å². The maximum Gasteiger partial charge on any atom is 0.315 e. The fraction of sp³-hybridized carbons (Fsp3) is 0.613. The average molecular weight is 677 g/mol. The molecule has 1 aromatic rings. The molecule has 3 aliphatic rings. The first-order valence-corrected chi connectivity index (χ1v) is 17.5. The summed E-state index contributed by atoms with van der Waals surface area (Å²) in [6.45, 7) is 0.665. The maximum atomic E-state index is 13.9. The number of carbonyl (C=O) groups excluding carboxylic acids is 5. The van der Waals surface area contributed by atoms with Crippen LogP contribution in [0.1, 0.15) is 56.9 Å². The van der Waals surface area contributed by atoms with Crippen molar-refractivity contribution in [2.45, 2.75) is 93.2 Å². The van der Waals surface area contributed by atoms with Gasteiger partial charge in [-0.05, 0) is 44.1 Å². The molecule has 3 aliphatic heterocycles. The van der Waals surface area contributed by atoms with Crippen molar-refractivity contribution in [3.05, 3.63) is 35.9 Å². The van der Waals surface area contributed by atoms with Crippen LogP contribution in [0.4, 0.5) is 4.79 Å². The van der Waals surface area contributed by atoms with Crippen LogP contribution in [0, 0.1) is 0 Å². The molecule has 0 unspecified atom stereocenters. The Labute approximate surface area is 278 Å². The number of ketones is 1. The van der Waals surface area contributed by atoms with Crippen molar-refractivity contribution in [2.75, 3.05) is 24.7 Å². The van der Waals surface area contributed by atoms with Gasteiger partial charge in [0, 0.05) is 36.9 Å². The van der Waals surface area contributed by atoms with E-state index in [1.807, 2.05) is 42.1 Å². The van der Waals surface area contributed by atoms with Gasteiger partial charge in [0.05, 0.1) is 24.0 Å². The Morgan fingerprint density at radius 1 is 1.07 bits per heavy atom. The maximum absolute atomic E-state index is 13.9. The van der Waals surface area contributed by atoms with Gasteiger partial charge in [-0.25, -0.2) is 4.79 Å². The van der Waals surface area contributed by atoms with E-state index < -0.39 is 24.0 Å². The van der Waals surface area contributed by atoms with E-state index in [9.17, 15) is 24.0 Å². The molecule has 0 aromatic heterocycles. The van der Waals surface area contributed by atoms with Crippen LogP contribution in [-0.2, 0) is 25.6 Å². The smallest absolute Gasteiger partial charge is 0.315 e. The summed E-state index contributed by atoms with van der Waals surface area (Å²) in [5.41, 5.74) is 11.6. The molecule has 0 bridgehead atoms. The molecule has 8 N–H and O–H groups in total. The standard InChI is InChI=1S/C31H45ClN8O5S/c32-17-24(41)20(10-6-14-35-30(33)34)37-28(43)23-11-7-15-40(23)29(44)21(16-19-8-2-1-3-9-19)36-26(42)13-5-4-12-25-27-22(18-46-25)38-31(45)39-27/h1-3,8-9,20-23,25,27H,4-7,10-18H2,(H,36,42)(H,37,43)(H4,33,34,35)(H2,38,39,45)/t20-,21+,22-,23-,25-,27-/m0/s1. The lowest BCUT2D eigenvalue weighted by molar-refractivity contribution is -0.142. The second-order valence-corrected chi connectivity index (χ2v) is 13.5. The molecule has 15 heteroatoms. The number of nitrogens with zero attached hydrogens (tertiary/aromatic N) is 2. The van der Waals surface area contributed by atoms with Gasteiger partial charge < -0.3 is 37.6 Å². The van der Waals surface area contributed by atoms with Crippen molar-refractivity contribution < 1.29 is 24.0 Å². The lowest BCUT2D eigenvalue weighted by atomic mass is 10.0. The molecule has 0 saturated carbocycles. The topological polar surface area (TPSA) is 201 Å². The van der Waals surface area contributed by atoms with Gasteiger partial charge in [0.25, 0.3) is 0 Å². The lowest BCUT2D eigenvalue weighted by Gasteiger charge is -2.30. The van der Waals surface area contributed by atoms with Gasteiger partial charge in [0.15, 0.2) is 11.7 Å². The minimum absolute atomic E-state index is 0.0549. The van der Waals surface area contributed by atoms with Gasteiger partial charge in [-0.1, -0.05) is 36.8 Å². The molecular formula is C31H45ClN8O5S. The Hall–Kier alpha value is -3.52. The van der Waals surface area contributed by atoms with Crippen LogP contribution >= 0.6 is 23.4 Å². The molecule has 3 saturated heterocycles. The highest BCUT2D eigenvalue weighted by atomic mass is 35.5. The summed E-state index contributed by atoms with van der Waals surface area (Å²) in [7, 11) is 0. The summed E-state index contributed by atoms with van der Waals surface area (Å²) >= 11 is 7.65. The van der Waals surface area contributed by atoms with Gasteiger partial charge in [-0.15, -0.1) is 11.6 Å². The number of urea groups is 1. The lowest BCUT2D eigenvalue weighted by Crippen LogP contribution is -2.56. The average Bonchev–Trinajstić information content (AvgIpc) is 3.77. The van der Waals surface area contributed by atoms with E-state index in [0.29, 0.717) is 50.4 Å². The van der Waals surface area contributed by atoms with Crippen LogP contribution in [0.15, 0.2) is 35.3 Å². The molecule has 5 amide bonds. The number of guanidine groups is 1. The number of aliphatic imine (C=N–C) groups is 1. The van der Waals surface area contributed by atoms with Gasteiger partial charge in [0.1, 0.15) is 12.1 Å². The Morgan fingerprint density at radius 2 is 1.85 bits per heavy atom. The van der Waals surface area contributed by atoms with E-state index in [4.69, 9.17) is 23.1 Å². The summed E-state index contributed by atoms with van der Waals surface area (Å²) in [6.07, 6.45) is 4.72. The highest BCUT2D eigenvalue weighted by Gasteiger charge is 2.42. The summed E-state index contributed by atoms with van der Waals surface area (Å²) < 4.78 is 0. The van der Waals surface area contributed by atoms with Crippen LogP contribution in [0.5, 0.6) is 0 Å². The normalized spacial score (nSPS) is 23.1. The number of likely N-dealkylation sites (tertiary alicyclic amines) is 1. The fourth-order valence-corrected chi connectivity index (χ4v) is 8.00. The zero-order valence-electron chi connectivity index (χ0n) is 25.9. The van der Waals surface area contributed by atoms with E-state index in [2.05, 4.69) is 26.3 Å². The first-order chi connectivity index (χ1) is 22.2. The van der Waals surface area contributed by atoms with Crippen molar-refractivity contribution in [3.8, 4) is 0 Å². The largest absolute Gasteiger partial charge is 0.370 e. The number of carbonyl (C=O) groups is 5. The molecule has 0 aliphatic carbocycles. The van der Waals surface area contributed by atoms with Crippen LogP contribution in [0.2, 0.25) is 0 Å². The van der Waals surface area contributed by atoms with E-state index in [0.717, 1.165) is 24.2 Å². The number of nitrogens with two attached hydrogens (primary N) is 2. The summed E-state index contributed by atoms with van der Waals surface area (Å²) in [5, 5.41) is 12.0. The van der Waals surface area contributed by atoms with Gasteiger partial charge >= 0.3 is 6.03 Å². The van der Waals surface area contributed by atoms with Crippen molar-refractivity contribution in [2.24, 2.45) is 16.5 Å². The van der Waals surface area contributed by atoms with Crippen molar-refractivity contribution >= 4 is 58.9 Å². The molecule has 252 valence electrons. The van der Waals surface area contributed by atoms with E-state index in [-0.39, 0.29) is 60.4 Å². The number of nitrogens with one attached hydrogen (secondary N) is 4. The minimum Gasteiger partial charge on any atom is -0.370 e. The van der Waals surface area contributed by atoms with Crippen molar-refractivity contribution in [1.29, 1.82) is 0 Å². The third-order valence-electron chi connectivity index (χ3n) is 8.62. The quantitative estimate of drug-likeness (QED) is 0.0457. The summed E-state index contributed by atoms with van der Waals surface area (Å²) in [5.74, 6) is -0.754. The highest BCUT2D eigenvalue weighted by molar-refractivity contribution is 8.00. The third kappa shape index (κ3) is 9.99. The molecule has 46 heavy (non-hydrogen) atoms. The number of alkyl halides is 1. The van der Waals surface area contributed by atoms with E-state index >= 15 is 0 Å². The van der Waals surface area contributed by atoms with Crippen LogP contribution < -0.4 is 32.7 Å². The Bertz CT molecular complexity index is 1270. The number of hydrogen-bond donors (Lipinski definition) is 6. The van der Waals surface area contributed by atoms with E-state index in [1.165, 1.54) is 4.90 Å². The first-order valence-electron chi connectivity index (χ1n) is 15.9. The number of hydrogen-bond acceptors (Lipinski definition) is 7. The third-order valence-corrected chi connectivity index (χ3v) is 10.4. The van der Waals surface area contributed by atoms with Crippen molar-refractivity contribution in [1.82, 2.24) is 26.2 Å². The number of amides is 5. The first kappa shape index (κ1) is 35.3. The van der Waals surface area contributed by atoms with Gasteiger partial charge in [-0.3, -0.25) is 24.2 Å². The second-order valence-electron chi connectivity index (χ2n) is 12.0. The predicted molar refractivity (Wildman–Crippen MR) is 178 cm³/mol. The summed E-state index contributed by atoms with van der Waals surface area (Å²) in [4.78, 5) is 70.1. The molecule has 0 radical (unpaired) electrons. The monoisotopic (exact) mass is 676 g/mol. The number of fused-ring (bicyclic) bond motifs is 1. The number of unbranched alkanes of at least 4 members (excludes halogenated alkanes) is 1. The molecule has 4 rings (SSSR count). The van der Waals surface area contributed by atoms with Gasteiger partial charge in [0.2, 0.25) is 17.7 Å². The number of rotatable bonds is 17. The fourth-order valence-electron chi connectivity index (χ4n) is 6.27.